The summed E-state index contributed by atoms with van der Waals surface area (Å²) in [4.78, 5) is 22.0. The molecule has 0 aliphatic rings. The minimum Gasteiger partial charge on any atom is -0.502 e. The third-order valence-corrected chi connectivity index (χ3v) is 1.78. The number of aldehydes is 1. The van der Waals surface area contributed by atoms with Gasteiger partial charge < -0.3 is 14.0 Å². The lowest BCUT2D eigenvalue weighted by molar-refractivity contribution is -0.134. The first-order chi connectivity index (χ1) is 7.24. The fourth-order valence-corrected chi connectivity index (χ4v) is 1.13. The van der Waals surface area contributed by atoms with E-state index in [1.807, 2.05) is 0 Å². The summed E-state index contributed by atoms with van der Waals surface area (Å²) in [6.45, 7) is 0. The average molecular weight is 209 g/mol. The van der Waals surface area contributed by atoms with Gasteiger partial charge in [-0.15, -0.1) is 0 Å². The lowest BCUT2D eigenvalue weighted by Gasteiger charge is -2.07. The molecule has 0 aromatic carbocycles. The molecule has 0 atom stereocenters. The monoisotopic (exact) mass is 209 g/mol. The van der Waals surface area contributed by atoms with Crippen LogP contribution in [0.1, 0.15) is 10.5 Å². The van der Waals surface area contributed by atoms with Gasteiger partial charge in [0.25, 0.3) is 0 Å². The van der Waals surface area contributed by atoms with Crippen molar-refractivity contribution in [2.45, 2.75) is 0 Å². The molecule has 0 aliphatic carbocycles. The van der Waals surface area contributed by atoms with E-state index in [2.05, 4.69) is 4.74 Å². The summed E-state index contributed by atoms with van der Waals surface area (Å²) in [5, 5.41) is 0. The molecule has 0 fully saturated rings. The van der Waals surface area contributed by atoms with E-state index in [0.717, 1.165) is 0 Å². The van der Waals surface area contributed by atoms with Crippen LogP contribution in [0.2, 0.25) is 0 Å². The van der Waals surface area contributed by atoms with Crippen molar-refractivity contribution < 1.29 is 19.1 Å². The molecule has 0 aliphatic heterocycles. The van der Waals surface area contributed by atoms with Crippen LogP contribution < -0.4 is 0 Å². The van der Waals surface area contributed by atoms with Crippen molar-refractivity contribution in [2.24, 2.45) is 0 Å². The van der Waals surface area contributed by atoms with E-state index in [1.54, 1.807) is 18.3 Å². The molecule has 5 nitrogen and oxygen atoms in total. The van der Waals surface area contributed by atoms with Gasteiger partial charge in [-0.05, 0) is 12.1 Å². The highest BCUT2D eigenvalue weighted by Crippen LogP contribution is 2.11. The van der Waals surface area contributed by atoms with E-state index >= 15 is 0 Å². The highest BCUT2D eigenvalue weighted by atomic mass is 16.5. The molecule has 0 spiro atoms. The highest BCUT2D eigenvalue weighted by Gasteiger charge is 2.14. The lowest BCUT2D eigenvalue weighted by Crippen LogP contribution is -2.12. The molecule has 1 aromatic rings. The van der Waals surface area contributed by atoms with Crippen LogP contribution >= 0.6 is 0 Å². The Morgan fingerprint density at radius 1 is 1.47 bits per heavy atom. The minimum absolute atomic E-state index is 0.145. The number of nitrogens with zero attached hydrogens (tertiary/aromatic N) is 1. The van der Waals surface area contributed by atoms with Gasteiger partial charge in [-0.25, -0.2) is 4.79 Å². The summed E-state index contributed by atoms with van der Waals surface area (Å²) >= 11 is 0. The van der Waals surface area contributed by atoms with Crippen LogP contribution in [0.15, 0.2) is 24.6 Å². The van der Waals surface area contributed by atoms with E-state index in [9.17, 15) is 9.59 Å². The van der Waals surface area contributed by atoms with Gasteiger partial charge in [0.1, 0.15) is 6.26 Å². The van der Waals surface area contributed by atoms with Gasteiger partial charge in [-0.2, -0.15) is 0 Å². The van der Waals surface area contributed by atoms with Crippen LogP contribution in [-0.2, 0) is 14.3 Å². The minimum atomic E-state index is -0.573. The molecule has 1 aromatic heterocycles. The van der Waals surface area contributed by atoms with E-state index in [0.29, 0.717) is 12.0 Å². The second-order valence-corrected chi connectivity index (χ2v) is 2.65. The third-order valence-electron chi connectivity index (χ3n) is 1.78. The van der Waals surface area contributed by atoms with Crippen molar-refractivity contribution in [1.29, 1.82) is 0 Å². The molecule has 5 heteroatoms. The second-order valence-electron chi connectivity index (χ2n) is 2.65. The van der Waals surface area contributed by atoms with Crippen LogP contribution in [0.25, 0.3) is 5.70 Å². The maximum Gasteiger partial charge on any atom is 0.358 e. The quantitative estimate of drug-likeness (QED) is 0.320. The molecule has 0 amide bonds. The number of carbonyl (C=O) groups is 2. The zero-order chi connectivity index (χ0) is 11.3. The van der Waals surface area contributed by atoms with Crippen LogP contribution in [0.5, 0.6) is 0 Å². The predicted octanol–water partition coefficient (Wildman–Crippen LogP) is 0.918. The predicted molar refractivity (Wildman–Crippen MR) is 53.1 cm³/mol. The Hall–Kier alpha value is -2.04. The van der Waals surface area contributed by atoms with Crippen LogP contribution in [0.4, 0.5) is 0 Å². The van der Waals surface area contributed by atoms with Crippen molar-refractivity contribution in [3.8, 4) is 0 Å². The molecular formula is C10H11NO4. The van der Waals surface area contributed by atoms with Crippen molar-refractivity contribution in [3.63, 3.8) is 0 Å². The Balaban J connectivity index is 3.15. The molecular weight excluding hydrogens is 198 g/mol. The maximum absolute atomic E-state index is 11.4. The number of rotatable bonds is 4. The van der Waals surface area contributed by atoms with Crippen LogP contribution in [0.3, 0.4) is 0 Å². The molecule has 1 rings (SSSR count). The molecule has 0 radical (unpaired) electrons. The number of esters is 1. The van der Waals surface area contributed by atoms with Crippen LogP contribution in [-0.4, -0.2) is 31.0 Å². The Kier molecular flexibility index (Phi) is 3.68. The summed E-state index contributed by atoms with van der Waals surface area (Å²) in [5.41, 5.74) is 0.496. The zero-order valence-corrected chi connectivity index (χ0v) is 8.47. The molecule has 15 heavy (non-hydrogen) atoms. The SMILES string of the molecule is COC=C(C(=O)OC)n1cccc1C=O. The fraction of sp³-hybridized carbons (Fsp3) is 0.200. The largest absolute Gasteiger partial charge is 0.502 e. The van der Waals surface area contributed by atoms with Crippen LogP contribution in [0, 0.1) is 0 Å². The molecule has 0 saturated carbocycles. The topological polar surface area (TPSA) is 57.5 Å². The molecule has 0 unspecified atom stereocenters. The van der Waals surface area contributed by atoms with Gasteiger partial charge in [0.05, 0.1) is 19.9 Å². The van der Waals surface area contributed by atoms with Gasteiger partial charge in [0.2, 0.25) is 0 Å². The van der Waals surface area contributed by atoms with E-state index in [1.165, 1.54) is 25.0 Å². The number of methoxy groups -OCH3 is 2. The third kappa shape index (κ3) is 2.25. The lowest BCUT2D eigenvalue weighted by atomic mass is 10.4. The van der Waals surface area contributed by atoms with Gasteiger partial charge >= 0.3 is 5.97 Å². The summed E-state index contributed by atoms with van der Waals surface area (Å²) in [6.07, 6.45) is 3.44. The maximum atomic E-state index is 11.4. The first kappa shape index (κ1) is 11.0. The Morgan fingerprint density at radius 2 is 2.20 bits per heavy atom. The van der Waals surface area contributed by atoms with Gasteiger partial charge in [0, 0.05) is 6.20 Å². The second kappa shape index (κ2) is 4.99. The normalized spacial score (nSPS) is 10.9. The molecule has 0 bridgehead atoms. The standard InChI is InChI=1S/C10H11NO4/c1-14-7-9(10(13)15-2)11-5-3-4-8(11)6-12/h3-7H,1-2H3. The first-order valence-corrected chi connectivity index (χ1v) is 4.18. The Morgan fingerprint density at radius 3 is 2.73 bits per heavy atom. The first-order valence-electron chi connectivity index (χ1n) is 4.18. The summed E-state index contributed by atoms with van der Waals surface area (Å²) in [6, 6.07) is 3.23. The summed E-state index contributed by atoms with van der Waals surface area (Å²) < 4.78 is 10.7. The molecule has 0 N–H and O–H groups in total. The molecule has 80 valence electrons. The van der Waals surface area contributed by atoms with Crippen molar-refractivity contribution in [2.75, 3.05) is 14.2 Å². The van der Waals surface area contributed by atoms with Crippen molar-refractivity contribution in [1.82, 2.24) is 4.57 Å². The average Bonchev–Trinajstić information content (AvgIpc) is 2.72. The Bertz CT molecular complexity index is 392. The van der Waals surface area contributed by atoms with Crippen molar-refractivity contribution in [3.05, 3.63) is 30.3 Å². The van der Waals surface area contributed by atoms with E-state index in [4.69, 9.17) is 4.74 Å². The Labute approximate surface area is 86.9 Å². The van der Waals surface area contributed by atoms with Crippen molar-refractivity contribution >= 4 is 18.0 Å². The van der Waals surface area contributed by atoms with Gasteiger partial charge in [-0.3, -0.25) is 4.79 Å². The number of hydrogen-bond donors (Lipinski definition) is 0. The smallest absolute Gasteiger partial charge is 0.358 e. The number of ether oxygens (including phenoxy) is 2. The number of aromatic nitrogens is 1. The van der Waals surface area contributed by atoms with Gasteiger partial charge in [-0.1, -0.05) is 0 Å². The van der Waals surface area contributed by atoms with Gasteiger partial charge in [0.15, 0.2) is 12.0 Å². The molecule has 0 saturated heterocycles. The summed E-state index contributed by atoms with van der Waals surface area (Å²) in [5.74, 6) is -0.573. The zero-order valence-electron chi connectivity index (χ0n) is 8.47. The van der Waals surface area contributed by atoms with E-state index in [-0.39, 0.29) is 5.70 Å². The number of carbonyl (C=O) groups excluding carboxylic acids is 2. The number of hydrogen-bond acceptors (Lipinski definition) is 4. The summed E-state index contributed by atoms with van der Waals surface area (Å²) in [7, 11) is 2.67. The highest BCUT2D eigenvalue weighted by molar-refractivity contribution is 6.10. The molecule has 1 heterocycles. The fourth-order valence-electron chi connectivity index (χ4n) is 1.13. The van der Waals surface area contributed by atoms with E-state index < -0.39 is 5.97 Å².